The van der Waals surface area contributed by atoms with Gasteiger partial charge in [-0.1, -0.05) is 27.5 Å². The van der Waals surface area contributed by atoms with E-state index in [1.54, 1.807) is 10.7 Å². The van der Waals surface area contributed by atoms with Crippen LogP contribution in [0.2, 0.25) is 5.02 Å². The van der Waals surface area contributed by atoms with Gasteiger partial charge < -0.3 is 5.73 Å². The highest BCUT2D eigenvalue weighted by Crippen LogP contribution is 2.28. The van der Waals surface area contributed by atoms with E-state index in [1.807, 2.05) is 30.3 Å². The predicted molar refractivity (Wildman–Crippen MR) is 89.4 cm³/mol. The van der Waals surface area contributed by atoms with E-state index in [1.165, 1.54) is 0 Å². The summed E-state index contributed by atoms with van der Waals surface area (Å²) in [4.78, 5) is 0. The number of benzene rings is 2. The smallest absolute Gasteiger partial charge is 0.187 e. The monoisotopic (exact) mass is 427 g/mol. The molecule has 0 radical (unpaired) electrons. The van der Waals surface area contributed by atoms with Crippen LogP contribution in [0.1, 0.15) is 0 Å². The lowest BCUT2D eigenvalue weighted by molar-refractivity contribution is 0.791. The first-order valence-corrected chi connectivity index (χ1v) is 7.81. The first-order chi connectivity index (χ1) is 10.0. The van der Waals surface area contributed by atoms with E-state index in [9.17, 15) is 0 Å². The van der Waals surface area contributed by atoms with E-state index in [0.29, 0.717) is 16.5 Å². The standard InChI is InChI=1S/C13H8Br2ClN5/c14-8-3-7(4-9(17)5-8)13-18-19-20-21(13)10-1-2-11(15)12(16)6-10/h1-6H,17H2. The third kappa shape index (κ3) is 2.95. The van der Waals surface area contributed by atoms with Gasteiger partial charge in [-0.2, -0.15) is 4.68 Å². The number of aromatic nitrogens is 4. The third-order valence-electron chi connectivity index (χ3n) is 2.80. The number of hydrogen-bond acceptors (Lipinski definition) is 4. The van der Waals surface area contributed by atoms with Gasteiger partial charge in [-0.05, 0) is 62.8 Å². The van der Waals surface area contributed by atoms with Gasteiger partial charge in [0.25, 0.3) is 0 Å². The Bertz CT molecular complexity index is 798. The number of halogens is 3. The minimum Gasteiger partial charge on any atom is -0.399 e. The van der Waals surface area contributed by atoms with Crippen LogP contribution in [0.4, 0.5) is 5.69 Å². The molecule has 5 nitrogen and oxygen atoms in total. The summed E-state index contributed by atoms with van der Waals surface area (Å²) in [5.74, 6) is 0.585. The molecule has 106 valence electrons. The molecule has 0 bridgehead atoms. The number of nitrogen functional groups attached to an aromatic ring is 1. The molecule has 0 aliphatic rings. The number of nitrogens with two attached hydrogens (primary N) is 1. The lowest BCUT2D eigenvalue weighted by atomic mass is 10.2. The predicted octanol–water partition coefficient (Wildman–Crippen LogP) is 4.09. The molecule has 0 unspecified atom stereocenters. The first kappa shape index (κ1) is 14.5. The Balaban J connectivity index is 2.14. The zero-order valence-corrected chi connectivity index (χ0v) is 14.4. The molecule has 2 N–H and O–H groups in total. The molecule has 0 fully saturated rings. The Morgan fingerprint density at radius 2 is 1.90 bits per heavy atom. The fourth-order valence-electron chi connectivity index (χ4n) is 1.90. The van der Waals surface area contributed by atoms with Crippen LogP contribution in [0.5, 0.6) is 0 Å². The molecule has 3 rings (SSSR count). The molecule has 2 aromatic carbocycles. The normalized spacial score (nSPS) is 10.8. The van der Waals surface area contributed by atoms with Crippen molar-refractivity contribution in [2.24, 2.45) is 0 Å². The molecule has 0 saturated heterocycles. The van der Waals surface area contributed by atoms with Gasteiger partial charge in [-0.25, -0.2) is 0 Å². The van der Waals surface area contributed by atoms with Crippen LogP contribution < -0.4 is 5.73 Å². The van der Waals surface area contributed by atoms with Crippen molar-refractivity contribution in [3.05, 3.63) is 50.4 Å². The van der Waals surface area contributed by atoms with Crippen LogP contribution in [0, 0.1) is 0 Å². The maximum absolute atomic E-state index is 6.12. The summed E-state index contributed by atoms with van der Waals surface area (Å²) in [6, 6.07) is 11.0. The highest BCUT2D eigenvalue weighted by molar-refractivity contribution is 9.10. The van der Waals surface area contributed by atoms with Crippen LogP contribution >= 0.6 is 43.5 Å². The molecule has 0 saturated carbocycles. The molecule has 3 aromatic rings. The maximum atomic E-state index is 6.12. The van der Waals surface area contributed by atoms with Crippen molar-refractivity contribution in [3.63, 3.8) is 0 Å². The molecular weight excluding hydrogens is 421 g/mol. The summed E-state index contributed by atoms with van der Waals surface area (Å²) in [5.41, 5.74) is 8.07. The quantitative estimate of drug-likeness (QED) is 0.623. The van der Waals surface area contributed by atoms with Crippen molar-refractivity contribution in [1.82, 2.24) is 20.2 Å². The second-order valence-electron chi connectivity index (χ2n) is 4.29. The van der Waals surface area contributed by atoms with Crippen molar-refractivity contribution in [2.75, 3.05) is 5.73 Å². The molecule has 8 heteroatoms. The number of nitrogens with zero attached hydrogens (tertiary/aromatic N) is 4. The molecule has 1 aromatic heterocycles. The van der Waals surface area contributed by atoms with Crippen molar-refractivity contribution < 1.29 is 0 Å². The van der Waals surface area contributed by atoms with Crippen LogP contribution in [0.3, 0.4) is 0 Å². The third-order valence-corrected chi connectivity index (χ3v) is 4.49. The van der Waals surface area contributed by atoms with E-state index >= 15 is 0 Å². The van der Waals surface area contributed by atoms with Crippen molar-refractivity contribution >= 4 is 49.1 Å². The highest BCUT2D eigenvalue weighted by atomic mass is 79.9. The zero-order chi connectivity index (χ0) is 15.0. The van der Waals surface area contributed by atoms with E-state index in [0.717, 1.165) is 20.2 Å². The number of hydrogen-bond donors (Lipinski definition) is 1. The molecule has 0 atom stereocenters. The Morgan fingerprint density at radius 3 is 2.62 bits per heavy atom. The summed E-state index contributed by atoms with van der Waals surface area (Å²) in [5, 5.41) is 12.4. The average Bonchev–Trinajstić information content (AvgIpc) is 2.90. The Kier molecular flexibility index (Phi) is 3.97. The first-order valence-electron chi connectivity index (χ1n) is 5.85. The molecule has 0 aliphatic carbocycles. The molecule has 0 aliphatic heterocycles. The Labute approximate surface area is 142 Å². The number of rotatable bonds is 2. The number of tetrazole rings is 1. The van der Waals surface area contributed by atoms with Crippen molar-refractivity contribution in [1.29, 1.82) is 0 Å². The molecular formula is C13H8Br2ClN5. The lowest BCUT2D eigenvalue weighted by Gasteiger charge is -2.07. The van der Waals surface area contributed by atoms with Crippen LogP contribution in [0.15, 0.2) is 45.3 Å². The van der Waals surface area contributed by atoms with Gasteiger partial charge in [0.2, 0.25) is 0 Å². The lowest BCUT2D eigenvalue weighted by Crippen LogP contribution is -2.00. The second kappa shape index (κ2) is 5.75. The van der Waals surface area contributed by atoms with Gasteiger partial charge in [0.15, 0.2) is 5.82 Å². The average molecular weight is 430 g/mol. The molecule has 1 heterocycles. The maximum Gasteiger partial charge on any atom is 0.187 e. The fraction of sp³-hybridized carbons (Fsp3) is 0. The Hall–Kier alpha value is -1.44. The minimum absolute atomic E-state index is 0.585. The summed E-state index contributed by atoms with van der Waals surface area (Å²) in [7, 11) is 0. The second-order valence-corrected chi connectivity index (χ2v) is 6.46. The van der Waals surface area contributed by atoms with Crippen molar-refractivity contribution in [3.8, 4) is 17.1 Å². The SMILES string of the molecule is Nc1cc(Br)cc(-c2nnnn2-c2ccc(Br)c(Cl)c2)c1. The molecule has 21 heavy (non-hydrogen) atoms. The fourth-order valence-corrected chi connectivity index (χ4v) is 2.83. The van der Waals surface area contributed by atoms with Gasteiger partial charge >= 0.3 is 0 Å². The summed E-state index contributed by atoms with van der Waals surface area (Å²) >= 11 is 12.9. The summed E-state index contributed by atoms with van der Waals surface area (Å²) in [6.45, 7) is 0. The van der Waals surface area contributed by atoms with Crippen LogP contribution in [-0.4, -0.2) is 20.2 Å². The van der Waals surface area contributed by atoms with Gasteiger partial charge in [-0.15, -0.1) is 5.10 Å². The summed E-state index contributed by atoms with van der Waals surface area (Å²) in [6.07, 6.45) is 0. The van der Waals surface area contributed by atoms with Gasteiger partial charge in [0.1, 0.15) is 0 Å². The molecule has 0 amide bonds. The topological polar surface area (TPSA) is 69.6 Å². The Morgan fingerprint density at radius 1 is 1.10 bits per heavy atom. The van der Waals surface area contributed by atoms with Gasteiger partial charge in [-0.3, -0.25) is 0 Å². The zero-order valence-electron chi connectivity index (χ0n) is 10.5. The number of anilines is 1. The summed E-state index contributed by atoms with van der Waals surface area (Å²) < 4.78 is 3.29. The highest BCUT2D eigenvalue weighted by Gasteiger charge is 2.13. The van der Waals surface area contributed by atoms with Crippen LogP contribution in [0.25, 0.3) is 17.1 Å². The van der Waals surface area contributed by atoms with Crippen LogP contribution in [-0.2, 0) is 0 Å². The van der Waals surface area contributed by atoms with Gasteiger partial charge in [0, 0.05) is 20.2 Å². The van der Waals surface area contributed by atoms with E-state index in [4.69, 9.17) is 17.3 Å². The van der Waals surface area contributed by atoms with E-state index in [-0.39, 0.29) is 0 Å². The minimum atomic E-state index is 0.585. The van der Waals surface area contributed by atoms with Gasteiger partial charge in [0.05, 0.1) is 10.7 Å². The molecule has 0 spiro atoms. The van der Waals surface area contributed by atoms with E-state index < -0.39 is 0 Å². The van der Waals surface area contributed by atoms with Crippen molar-refractivity contribution in [2.45, 2.75) is 0 Å². The largest absolute Gasteiger partial charge is 0.399 e. The van der Waals surface area contributed by atoms with E-state index in [2.05, 4.69) is 47.4 Å².